The molecule has 2 heteroatoms. The zero-order chi connectivity index (χ0) is 6.69. The molecule has 54 valence electrons. The van der Waals surface area contributed by atoms with Gasteiger partial charge in [-0.25, -0.2) is 0 Å². The topological polar surface area (TPSA) is 21.3 Å². The molecule has 1 rings (SSSR count). The van der Waals surface area contributed by atoms with Gasteiger partial charge in [0.05, 0.1) is 6.61 Å². The molecule has 2 nitrogen and oxygen atoms in total. The lowest BCUT2D eigenvalue weighted by atomic mass is 10.2. The Morgan fingerprint density at radius 1 is 1.56 bits per heavy atom. The predicted molar refractivity (Wildman–Crippen MR) is 37.5 cm³/mol. The second-order valence-corrected chi connectivity index (χ2v) is 2.80. The largest absolute Gasteiger partial charge is 0.383 e. The predicted octanol–water partition coefficient (Wildman–Crippen LogP) is 0.773. The van der Waals surface area contributed by atoms with Gasteiger partial charge in [-0.15, -0.1) is 0 Å². The van der Waals surface area contributed by atoms with Gasteiger partial charge in [-0.1, -0.05) is 0 Å². The fourth-order valence-corrected chi connectivity index (χ4v) is 1.35. The smallest absolute Gasteiger partial charge is 0.0615 e. The summed E-state index contributed by atoms with van der Waals surface area (Å²) in [6, 6.07) is 1.31. The minimum Gasteiger partial charge on any atom is -0.383 e. The molecule has 1 aliphatic heterocycles. The average molecular weight is 129 g/mol. The Balaban J connectivity index is 2.14. The van der Waals surface area contributed by atoms with Crippen molar-refractivity contribution in [3.8, 4) is 0 Å². The Kier molecular flexibility index (Phi) is 2.49. The second kappa shape index (κ2) is 3.18. The molecule has 1 saturated heterocycles. The molecule has 0 radical (unpaired) electrons. The summed E-state index contributed by atoms with van der Waals surface area (Å²) in [4.78, 5) is 0. The van der Waals surface area contributed by atoms with Gasteiger partial charge in [0.25, 0.3) is 0 Å². The van der Waals surface area contributed by atoms with Gasteiger partial charge in [0.15, 0.2) is 0 Å². The van der Waals surface area contributed by atoms with Crippen molar-refractivity contribution in [2.24, 2.45) is 0 Å². The molecule has 0 spiro atoms. The molecule has 0 aliphatic carbocycles. The van der Waals surface area contributed by atoms with Crippen LogP contribution in [0.1, 0.15) is 19.8 Å². The van der Waals surface area contributed by atoms with E-state index in [9.17, 15) is 0 Å². The van der Waals surface area contributed by atoms with Crippen LogP contribution in [-0.4, -0.2) is 25.8 Å². The first-order chi connectivity index (χ1) is 4.33. The number of rotatable bonds is 2. The molecule has 0 unspecified atom stereocenters. The maximum atomic E-state index is 5.01. The highest BCUT2D eigenvalue weighted by Gasteiger charge is 2.18. The van der Waals surface area contributed by atoms with E-state index in [0.717, 1.165) is 6.61 Å². The van der Waals surface area contributed by atoms with Gasteiger partial charge in [0, 0.05) is 19.2 Å². The third-order valence-corrected chi connectivity index (χ3v) is 1.84. The van der Waals surface area contributed by atoms with Crippen molar-refractivity contribution >= 4 is 0 Å². The van der Waals surface area contributed by atoms with Crippen LogP contribution in [0.2, 0.25) is 0 Å². The van der Waals surface area contributed by atoms with Gasteiger partial charge >= 0.3 is 0 Å². The summed E-state index contributed by atoms with van der Waals surface area (Å²) in [5, 5.41) is 3.43. The number of hydrogen-bond donors (Lipinski definition) is 1. The van der Waals surface area contributed by atoms with Crippen molar-refractivity contribution in [2.45, 2.75) is 31.8 Å². The first kappa shape index (κ1) is 7.03. The molecule has 0 saturated carbocycles. The summed E-state index contributed by atoms with van der Waals surface area (Å²) in [6.45, 7) is 3.08. The maximum absolute atomic E-state index is 5.01. The standard InChI is InChI=1S/C7H15NO/c1-6-3-4-7(8-6)5-9-2/h6-8H,3-5H2,1-2H3/t6-,7+/m0/s1. The van der Waals surface area contributed by atoms with Gasteiger partial charge in [0.1, 0.15) is 0 Å². The van der Waals surface area contributed by atoms with Crippen LogP contribution in [0.25, 0.3) is 0 Å². The van der Waals surface area contributed by atoms with Crippen LogP contribution in [0.5, 0.6) is 0 Å². The van der Waals surface area contributed by atoms with Crippen molar-refractivity contribution < 1.29 is 4.74 Å². The fourth-order valence-electron chi connectivity index (χ4n) is 1.35. The van der Waals surface area contributed by atoms with E-state index in [4.69, 9.17) is 4.74 Å². The molecule has 1 heterocycles. The Morgan fingerprint density at radius 2 is 2.33 bits per heavy atom. The monoisotopic (exact) mass is 129 g/mol. The van der Waals surface area contributed by atoms with Gasteiger partial charge in [0.2, 0.25) is 0 Å². The summed E-state index contributed by atoms with van der Waals surface area (Å²) in [5.74, 6) is 0. The van der Waals surface area contributed by atoms with Crippen molar-refractivity contribution in [2.75, 3.05) is 13.7 Å². The highest BCUT2D eigenvalue weighted by Crippen LogP contribution is 2.10. The van der Waals surface area contributed by atoms with Crippen LogP contribution < -0.4 is 5.32 Å². The number of methoxy groups -OCH3 is 1. The highest BCUT2D eigenvalue weighted by atomic mass is 16.5. The summed E-state index contributed by atoms with van der Waals surface area (Å²) in [7, 11) is 1.75. The third-order valence-electron chi connectivity index (χ3n) is 1.84. The van der Waals surface area contributed by atoms with Crippen molar-refractivity contribution in [1.82, 2.24) is 5.32 Å². The average Bonchev–Trinajstić information content (AvgIpc) is 2.17. The molecule has 0 aromatic rings. The number of hydrogen-bond acceptors (Lipinski definition) is 2. The quantitative estimate of drug-likeness (QED) is 0.594. The first-order valence-corrected chi connectivity index (χ1v) is 3.58. The summed E-state index contributed by atoms with van der Waals surface area (Å²) >= 11 is 0. The molecule has 1 aliphatic rings. The fraction of sp³-hybridized carbons (Fsp3) is 1.00. The van der Waals surface area contributed by atoms with Crippen molar-refractivity contribution in [3.63, 3.8) is 0 Å². The van der Waals surface area contributed by atoms with Crippen LogP contribution in [0.15, 0.2) is 0 Å². The van der Waals surface area contributed by atoms with Crippen LogP contribution in [0, 0.1) is 0 Å². The SMILES string of the molecule is COC[C@H]1CC[C@H](C)N1. The maximum Gasteiger partial charge on any atom is 0.0615 e. The van der Waals surface area contributed by atoms with Gasteiger partial charge in [-0.3, -0.25) is 0 Å². The molecule has 2 atom stereocenters. The van der Waals surface area contributed by atoms with E-state index < -0.39 is 0 Å². The molecular formula is C7H15NO. The zero-order valence-corrected chi connectivity index (χ0v) is 6.18. The summed E-state index contributed by atoms with van der Waals surface area (Å²) < 4.78 is 5.01. The van der Waals surface area contributed by atoms with Crippen LogP contribution >= 0.6 is 0 Å². The van der Waals surface area contributed by atoms with E-state index >= 15 is 0 Å². The lowest BCUT2D eigenvalue weighted by Crippen LogP contribution is -2.30. The van der Waals surface area contributed by atoms with Gasteiger partial charge in [-0.05, 0) is 19.8 Å². The Labute approximate surface area is 56.6 Å². The van der Waals surface area contributed by atoms with Gasteiger partial charge < -0.3 is 10.1 Å². The van der Waals surface area contributed by atoms with E-state index in [1.165, 1.54) is 12.8 Å². The third kappa shape index (κ3) is 1.95. The van der Waals surface area contributed by atoms with Crippen LogP contribution in [0.4, 0.5) is 0 Å². The molecule has 0 aromatic carbocycles. The second-order valence-electron chi connectivity index (χ2n) is 2.80. The number of nitrogens with one attached hydrogen (secondary N) is 1. The van der Waals surface area contributed by atoms with E-state index in [0.29, 0.717) is 12.1 Å². The molecule has 0 amide bonds. The van der Waals surface area contributed by atoms with Crippen molar-refractivity contribution in [1.29, 1.82) is 0 Å². The zero-order valence-electron chi connectivity index (χ0n) is 6.18. The molecule has 1 fully saturated rings. The molecule has 9 heavy (non-hydrogen) atoms. The van der Waals surface area contributed by atoms with E-state index in [1.807, 2.05) is 0 Å². The highest BCUT2D eigenvalue weighted by molar-refractivity contribution is 4.79. The van der Waals surface area contributed by atoms with Gasteiger partial charge in [-0.2, -0.15) is 0 Å². The Hall–Kier alpha value is -0.0800. The minimum absolute atomic E-state index is 0.616. The number of ether oxygens (including phenoxy) is 1. The summed E-state index contributed by atoms with van der Waals surface area (Å²) in [6.07, 6.45) is 2.57. The molecular weight excluding hydrogens is 114 g/mol. The van der Waals surface area contributed by atoms with E-state index in [-0.39, 0.29) is 0 Å². The summed E-state index contributed by atoms with van der Waals surface area (Å²) in [5.41, 5.74) is 0. The first-order valence-electron chi connectivity index (χ1n) is 3.58. The molecule has 1 N–H and O–H groups in total. The lowest BCUT2D eigenvalue weighted by Gasteiger charge is -2.08. The Bertz CT molecular complexity index is 83.0. The van der Waals surface area contributed by atoms with E-state index in [2.05, 4.69) is 12.2 Å². The van der Waals surface area contributed by atoms with E-state index in [1.54, 1.807) is 7.11 Å². The minimum atomic E-state index is 0.616. The lowest BCUT2D eigenvalue weighted by molar-refractivity contribution is 0.172. The molecule has 0 aromatic heterocycles. The molecule has 0 bridgehead atoms. The van der Waals surface area contributed by atoms with Crippen LogP contribution in [0.3, 0.4) is 0 Å². The van der Waals surface area contributed by atoms with Crippen LogP contribution in [-0.2, 0) is 4.74 Å². The van der Waals surface area contributed by atoms with Crippen molar-refractivity contribution in [3.05, 3.63) is 0 Å². The normalized spacial score (nSPS) is 35.3. The Morgan fingerprint density at radius 3 is 2.78 bits per heavy atom.